The predicted molar refractivity (Wildman–Crippen MR) is 97.5 cm³/mol. The number of nitrogen functional groups attached to an aromatic ring is 2. The number of hydrogen-bond donors (Lipinski definition) is 3. The minimum atomic E-state index is 0.509. The van der Waals surface area contributed by atoms with Crippen LogP contribution in [0.5, 0.6) is 17.2 Å². The summed E-state index contributed by atoms with van der Waals surface area (Å²) in [7, 11) is 0. The second-order valence-corrected chi connectivity index (χ2v) is 6.12. The van der Waals surface area contributed by atoms with Gasteiger partial charge in [0.2, 0.25) is 0 Å². The Morgan fingerprint density at radius 2 is 1.83 bits per heavy atom. The third kappa shape index (κ3) is 4.32. The van der Waals surface area contributed by atoms with Gasteiger partial charge in [-0.15, -0.1) is 0 Å². The number of rotatable bonds is 6. The highest BCUT2D eigenvalue weighted by atomic mass is 16.5. The maximum absolute atomic E-state index is 5.95. The van der Waals surface area contributed by atoms with Crippen molar-refractivity contribution >= 4 is 11.4 Å². The molecule has 1 saturated heterocycles. The number of piperidine rings is 1. The van der Waals surface area contributed by atoms with Gasteiger partial charge in [-0.2, -0.15) is 0 Å². The summed E-state index contributed by atoms with van der Waals surface area (Å²) in [5, 5.41) is 3.53. The monoisotopic (exact) mass is 327 g/mol. The molecule has 0 aliphatic carbocycles. The third-order valence-corrected chi connectivity index (χ3v) is 4.27. The van der Waals surface area contributed by atoms with Crippen LogP contribution in [0.15, 0.2) is 42.5 Å². The highest BCUT2D eigenvalue weighted by Gasteiger charge is 2.13. The number of anilines is 2. The zero-order chi connectivity index (χ0) is 16.8. The van der Waals surface area contributed by atoms with E-state index in [-0.39, 0.29) is 0 Å². The van der Waals surface area contributed by atoms with Crippen molar-refractivity contribution < 1.29 is 9.47 Å². The smallest absolute Gasteiger partial charge is 0.169 e. The van der Waals surface area contributed by atoms with Crippen molar-refractivity contribution in [3.63, 3.8) is 0 Å². The van der Waals surface area contributed by atoms with Crippen LogP contribution < -0.4 is 26.3 Å². The Kier molecular flexibility index (Phi) is 5.43. The Morgan fingerprint density at radius 1 is 1.00 bits per heavy atom. The van der Waals surface area contributed by atoms with Gasteiger partial charge >= 0.3 is 0 Å². The van der Waals surface area contributed by atoms with Gasteiger partial charge in [0.15, 0.2) is 11.5 Å². The minimum Gasteiger partial charge on any atom is -0.490 e. The topological polar surface area (TPSA) is 82.5 Å². The molecule has 0 radical (unpaired) electrons. The lowest BCUT2D eigenvalue weighted by Gasteiger charge is -2.23. The molecule has 5 nitrogen and oxygen atoms in total. The molecular formula is C19H25N3O2. The molecule has 0 bridgehead atoms. The van der Waals surface area contributed by atoms with E-state index < -0.39 is 0 Å². The lowest BCUT2D eigenvalue weighted by Crippen LogP contribution is -2.35. The Hall–Kier alpha value is -2.40. The molecule has 0 saturated carbocycles. The average molecular weight is 327 g/mol. The van der Waals surface area contributed by atoms with Gasteiger partial charge in [0.05, 0.1) is 18.0 Å². The summed E-state index contributed by atoms with van der Waals surface area (Å²) in [5.74, 6) is 2.06. The molecule has 1 heterocycles. The first-order valence-corrected chi connectivity index (χ1v) is 8.50. The van der Waals surface area contributed by atoms with Crippen LogP contribution in [0.25, 0.3) is 0 Å². The Labute approximate surface area is 142 Å². The van der Waals surface area contributed by atoms with Gasteiger partial charge in [-0.1, -0.05) is 18.6 Å². The maximum atomic E-state index is 5.95. The van der Waals surface area contributed by atoms with Gasteiger partial charge in [-0.25, -0.2) is 0 Å². The molecule has 1 fully saturated rings. The summed E-state index contributed by atoms with van der Waals surface area (Å²) in [5.41, 5.74) is 12.6. The van der Waals surface area contributed by atoms with E-state index in [0.717, 1.165) is 18.7 Å². The van der Waals surface area contributed by atoms with Crippen molar-refractivity contribution in [2.24, 2.45) is 0 Å². The van der Waals surface area contributed by atoms with Crippen LogP contribution in [-0.2, 0) is 0 Å². The van der Waals surface area contributed by atoms with Crippen molar-refractivity contribution in [3.05, 3.63) is 42.5 Å². The first kappa shape index (κ1) is 16.5. The lowest BCUT2D eigenvalue weighted by atomic mass is 10.0. The van der Waals surface area contributed by atoms with E-state index in [2.05, 4.69) is 5.32 Å². The van der Waals surface area contributed by atoms with Crippen molar-refractivity contribution in [1.82, 2.24) is 5.32 Å². The van der Waals surface area contributed by atoms with Crippen LogP contribution >= 0.6 is 0 Å². The van der Waals surface area contributed by atoms with E-state index in [4.69, 9.17) is 20.9 Å². The molecule has 3 rings (SSSR count). The zero-order valence-corrected chi connectivity index (χ0v) is 13.8. The van der Waals surface area contributed by atoms with Crippen LogP contribution in [0.4, 0.5) is 11.4 Å². The van der Waals surface area contributed by atoms with Crippen molar-refractivity contribution in [2.75, 3.05) is 24.6 Å². The van der Waals surface area contributed by atoms with Crippen LogP contribution in [0.2, 0.25) is 0 Å². The Balaban J connectivity index is 1.60. The van der Waals surface area contributed by atoms with Crippen LogP contribution in [0.1, 0.15) is 25.7 Å². The van der Waals surface area contributed by atoms with E-state index in [9.17, 15) is 0 Å². The van der Waals surface area contributed by atoms with E-state index in [1.54, 1.807) is 18.2 Å². The van der Waals surface area contributed by atoms with E-state index in [1.165, 1.54) is 19.3 Å². The van der Waals surface area contributed by atoms with Gasteiger partial charge in [0, 0.05) is 12.1 Å². The normalized spacial score (nSPS) is 17.4. The fraction of sp³-hybridized carbons (Fsp3) is 0.368. The van der Waals surface area contributed by atoms with Gasteiger partial charge in [-0.3, -0.25) is 0 Å². The molecule has 1 unspecified atom stereocenters. The fourth-order valence-electron chi connectivity index (χ4n) is 2.88. The average Bonchev–Trinajstić information content (AvgIpc) is 2.61. The minimum absolute atomic E-state index is 0.509. The van der Waals surface area contributed by atoms with Crippen molar-refractivity contribution in [1.29, 1.82) is 0 Å². The van der Waals surface area contributed by atoms with Gasteiger partial charge in [-0.05, 0) is 50.1 Å². The Bertz CT molecular complexity index is 669. The molecule has 2 aromatic carbocycles. The van der Waals surface area contributed by atoms with Crippen molar-refractivity contribution in [2.45, 2.75) is 31.7 Å². The molecule has 24 heavy (non-hydrogen) atoms. The number of hydrogen-bond acceptors (Lipinski definition) is 5. The molecule has 0 spiro atoms. The first-order valence-electron chi connectivity index (χ1n) is 8.50. The van der Waals surface area contributed by atoms with Crippen LogP contribution in [0, 0.1) is 0 Å². The van der Waals surface area contributed by atoms with Gasteiger partial charge in [0.25, 0.3) is 0 Å². The van der Waals surface area contributed by atoms with E-state index >= 15 is 0 Å². The highest BCUT2D eigenvalue weighted by Crippen LogP contribution is 2.33. The summed E-state index contributed by atoms with van der Waals surface area (Å²) in [6.07, 6.45) is 4.81. The summed E-state index contributed by atoms with van der Waals surface area (Å²) >= 11 is 0. The van der Waals surface area contributed by atoms with Crippen LogP contribution in [0.3, 0.4) is 0 Å². The maximum Gasteiger partial charge on any atom is 0.169 e. The van der Waals surface area contributed by atoms with E-state index in [1.807, 2.05) is 24.3 Å². The molecular weight excluding hydrogens is 302 g/mol. The SMILES string of the molecule is Nc1ccc(Oc2ccccc2OCCC2CCCCN2)cc1N. The lowest BCUT2D eigenvalue weighted by molar-refractivity contribution is 0.260. The second kappa shape index (κ2) is 7.93. The summed E-state index contributed by atoms with van der Waals surface area (Å²) in [6.45, 7) is 1.78. The largest absolute Gasteiger partial charge is 0.490 e. The molecule has 5 heteroatoms. The summed E-state index contributed by atoms with van der Waals surface area (Å²) in [6, 6.07) is 13.5. The highest BCUT2D eigenvalue weighted by molar-refractivity contribution is 5.65. The summed E-state index contributed by atoms with van der Waals surface area (Å²) in [4.78, 5) is 0. The molecule has 128 valence electrons. The standard InChI is InChI=1S/C19H25N3O2/c20-16-9-8-15(13-17(16)21)24-19-7-2-1-6-18(19)23-12-10-14-5-3-4-11-22-14/h1-2,6-9,13-14,22H,3-5,10-12,20-21H2. The fourth-order valence-corrected chi connectivity index (χ4v) is 2.88. The Morgan fingerprint density at radius 3 is 2.58 bits per heavy atom. The molecule has 1 aliphatic rings. The molecule has 0 aromatic heterocycles. The molecule has 5 N–H and O–H groups in total. The molecule has 2 aromatic rings. The number of nitrogens with one attached hydrogen (secondary N) is 1. The summed E-state index contributed by atoms with van der Waals surface area (Å²) < 4.78 is 11.9. The first-order chi connectivity index (χ1) is 11.7. The number of para-hydroxylation sites is 2. The van der Waals surface area contributed by atoms with Crippen LogP contribution in [-0.4, -0.2) is 19.2 Å². The second-order valence-electron chi connectivity index (χ2n) is 6.12. The van der Waals surface area contributed by atoms with Crippen molar-refractivity contribution in [3.8, 4) is 17.2 Å². The molecule has 0 amide bonds. The van der Waals surface area contributed by atoms with Gasteiger partial charge < -0.3 is 26.3 Å². The molecule has 1 atom stereocenters. The van der Waals surface area contributed by atoms with E-state index in [0.29, 0.717) is 35.5 Å². The number of ether oxygens (including phenoxy) is 2. The number of nitrogens with two attached hydrogens (primary N) is 2. The third-order valence-electron chi connectivity index (χ3n) is 4.27. The zero-order valence-electron chi connectivity index (χ0n) is 13.8. The predicted octanol–water partition coefficient (Wildman–Crippen LogP) is 3.55. The molecule has 1 aliphatic heterocycles. The quantitative estimate of drug-likeness (QED) is 0.707. The number of benzene rings is 2. The van der Waals surface area contributed by atoms with Gasteiger partial charge in [0.1, 0.15) is 5.75 Å².